The molecule has 1 N–H and O–H groups in total. The number of morpholine rings is 1. The molecule has 1 heterocycles. The van der Waals surface area contributed by atoms with Crippen LogP contribution in [0.1, 0.15) is 25.3 Å². The Morgan fingerprint density at radius 2 is 2.28 bits per heavy atom. The van der Waals surface area contributed by atoms with Crippen LogP contribution in [0.15, 0.2) is 24.3 Å². The van der Waals surface area contributed by atoms with Gasteiger partial charge in [-0.25, -0.2) is 0 Å². The summed E-state index contributed by atoms with van der Waals surface area (Å²) in [7, 11) is 2.15. The molecular formula is C15H24N2O. The topological polar surface area (TPSA) is 24.5 Å². The molecule has 0 aromatic heterocycles. The van der Waals surface area contributed by atoms with E-state index in [1.54, 1.807) is 0 Å². The Labute approximate surface area is 110 Å². The highest BCUT2D eigenvalue weighted by Gasteiger charge is 2.17. The summed E-state index contributed by atoms with van der Waals surface area (Å²) in [4.78, 5) is 2.32. The molecule has 1 saturated heterocycles. The maximum atomic E-state index is 5.74. The molecule has 0 radical (unpaired) electrons. The number of anilines is 1. The lowest BCUT2D eigenvalue weighted by atomic mass is 10.0. The molecular weight excluding hydrogens is 224 g/mol. The van der Waals surface area contributed by atoms with Gasteiger partial charge in [-0.15, -0.1) is 0 Å². The fourth-order valence-electron chi connectivity index (χ4n) is 2.23. The van der Waals surface area contributed by atoms with Crippen molar-refractivity contribution in [3.05, 3.63) is 29.8 Å². The maximum Gasteiger partial charge on any atom is 0.0874 e. The van der Waals surface area contributed by atoms with Gasteiger partial charge >= 0.3 is 0 Å². The van der Waals surface area contributed by atoms with Crippen LogP contribution in [0, 0.1) is 0 Å². The Balaban J connectivity index is 1.87. The Hall–Kier alpha value is -1.06. The van der Waals surface area contributed by atoms with Crippen LogP contribution < -0.4 is 5.32 Å². The number of likely N-dealkylation sites (N-methyl/N-ethyl adjacent to an activating group) is 1. The Morgan fingerprint density at radius 1 is 1.44 bits per heavy atom. The molecule has 1 aliphatic heterocycles. The number of nitrogens with zero attached hydrogens (tertiary/aromatic N) is 1. The summed E-state index contributed by atoms with van der Waals surface area (Å²) in [5.74, 6) is 0.573. The van der Waals surface area contributed by atoms with Crippen molar-refractivity contribution in [2.45, 2.75) is 25.9 Å². The summed E-state index contributed by atoms with van der Waals surface area (Å²) in [6.45, 7) is 8.22. The minimum Gasteiger partial charge on any atom is -0.382 e. The van der Waals surface area contributed by atoms with Gasteiger partial charge in [-0.2, -0.15) is 0 Å². The summed E-state index contributed by atoms with van der Waals surface area (Å²) >= 11 is 0. The van der Waals surface area contributed by atoms with Crippen molar-refractivity contribution in [3.8, 4) is 0 Å². The average molecular weight is 248 g/mol. The van der Waals surface area contributed by atoms with Crippen LogP contribution in [0.25, 0.3) is 0 Å². The predicted octanol–water partition coefficient (Wildman–Crippen LogP) is 2.55. The van der Waals surface area contributed by atoms with E-state index in [1.165, 1.54) is 11.3 Å². The summed E-state index contributed by atoms with van der Waals surface area (Å²) in [5.41, 5.74) is 2.57. The second-order valence-electron chi connectivity index (χ2n) is 5.42. The van der Waals surface area contributed by atoms with E-state index in [-0.39, 0.29) is 0 Å². The average Bonchev–Trinajstić information content (AvgIpc) is 2.37. The van der Waals surface area contributed by atoms with Crippen LogP contribution in [0.5, 0.6) is 0 Å². The number of nitrogens with one attached hydrogen (secondary N) is 1. The molecule has 0 amide bonds. The molecule has 18 heavy (non-hydrogen) atoms. The van der Waals surface area contributed by atoms with Crippen LogP contribution in [0.4, 0.5) is 5.69 Å². The van der Waals surface area contributed by atoms with Crippen molar-refractivity contribution in [1.82, 2.24) is 4.90 Å². The fourth-order valence-corrected chi connectivity index (χ4v) is 2.23. The highest BCUT2D eigenvalue weighted by molar-refractivity contribution is 5.46. The third kappa shape index (κ3) is 3.72. The summed E-state index contributed by atoms with van der Waals surface area (Å²) in [6, 6.07) is 8.65. The number of benzene rings is 1. The van der Waals surface area contributed by atoms with Gasteiger partial charge in [0.05, 0.1) is 12.7 Å². The lowest BCUT2D eigenvalue weighted by molar-refractivity contribution is -0.0117. The first-order valence-corrected chi connectivity index (χ1v) is 6.79. The molecule has 2 rings (SSSR count). The van der Waals surface area contributed by atoms with Gasteiger partial charge in [0.1, 0.15) is 0 Å². The lowest BCUT2D eigenvalue weighted by Crippen LogP contribution is -2.43. The largest absolute Gasteiger partial charge is 0.382 e. The second kappa shape index (κ2) is 6.21. The molecule has 1 unspecified atom stereocenters. The van der Waals surface area contributed by atoms with E-state index in [0.29, 0.717) is 12.0 Å². The highest BCUT2D eigenvalue weighted by Crippen LogP contribution is 2.18. The van der Waals surface area contributed by atoms with Crippen molar-refractivity contribution in [3.63, 3.8) is 0 Å². The normalized spacial score (nSPS) is 21.2. The molecule has 1 aromatic carbocycles. The summed E-state index contributed by atoms with van der Waals surface area (Å²) < 4.78 is 5.74. The summed E-state index contributed by atoms with van der Waals surface area (Å²) in [6.07, 6.45) is 0.298. The standard InChI is InChI=1S/C15H24N2O/c1-12(2)13-5-4-6-14(9-13)16-10-15-11-17(3)7-8-18-15/h4-6,9,12,15-16H,7-8,10-11H2,1-3H3. The predicted molar refractivity (Wildman–Crippen MR) is 76.3 cm³/mol. The van der Waals surface area contributed by atoms with Crippen molar-refractivity contribution >= 4 is 5.69 Å². The van der Waals surface area contributed by atoms with E-state index < -0.39 is 0 Å². The van der Waals surface area contributed by atoms with Crippen molar-refractivity contribution in [2.75, 3.05) is 38.6 Å². The Bertz CT molecular complexity index is 379. The van der Waals surface area contributed by atoms with Gasteiger partial charge in [0.15, 0.2) is 0 Å². The van der Waals surface area contributed by atoms with Crippen molar-refractivity contribution in [1.29, 1.82) is 0 Å². The Kier molecular flexibility index (Phi) is 4.61. The van der Waals surface area contributed by atoms with E-state index in [2.05, 4.69) is 55.4 Å². The molecule has 100 valence electrons. The van der Waals surface area contributed by atoms with Gasteiger partial charge in [0.25, 0.3) is 0 Å². The molecule has 1 atom stereocenters. The molecule has 0 aliphatic carbocycles. The van der Waals surface area contributed by atoms with E-state index in [4.69, 9.17) is 4.74 Å². The maximum absolute atomic E-state index is 5.74. The lowest BCUT2D eigenvalue weighted by Gasteiger charge is -2.30. The second-order valence-corrected chi connectivity index (χ2v) is 5.42. The number of hydrogen-bond donors (Lipinski definition) is 1. The van der Waals surface area contributed by atoms with Crippen LogP contribution in [0.3, 0.4) is 0 Å². The van der Waals surface area contributed by atoms with E-state index >= 15 is 0 Å². The fraction of sp³-hybridized carbons (Fsp3) is 0.600. The molecule has 3 heteroatoms. The van der Waals surface area contributed by atoms with Gasteiger partial charge in [0.2, 0.25) is 0 Å². The van der Waals surface area contributed by atoms with Crippen LogP contribution >= 0.6 is 0 Å². The minimum atomic E-state index is 0.298. The van der Waals surface area contributed by atoms with Gasteiger partial charge in [0, 0.05) is 25.3 Å². The third-order valence-corrected chi connectivity index (χ3v) is 3.43. The zero-order chi connectivity index (χ0) is 13.0. The monoisotopic (exact) mass is 248 g/mol. The van der Waals surface area contributed by atoms with Crippen molar-refractivity contribution < 1.29 is 4.74 Å². The van der Waals surface area contributed by atoms with Crippen LogP contribution in [-0.4, -0.2) is 44.3 Å². The van der Waals surface area contributed by atoms with E-state index in [1.807, 2.05) is 0 Å². The minimum absolute atomic E-state index is 0.298. The zero-order valence-corrected chi connectivity index (χ0v) is 11.6. The SMILES string of the molecule is CC(C)c1cccc(NCC2CN(C)CCO2)c1. The van der Waals surface area contributed by atoms with Gasteiger partial charge in [-0.05, 0) is 30.7 Å². The van der Waals surface area contributed by atoms with E-state index in [9.17, 15) is 0 Å². The molecule has 1 aliphatic rings. The van der Waals surface area contributed by atoms with Gasteiger partial charge < -0.3 is 15.0 Å². The van der Waals surface area contributed by atoms with Crippen LogP contribution in [0.2, 0.25) is 0 Å². The molecule has 0 saturated carbocycles. The molecule has 0 spiro atoms. The first kappa shape index (κ1) is 13.4. The van der Waals surface area contributed by atoms with Crippen molar-refractivity contribution in [2.24, 2.45) is 0 Å². The third-order valence-electron chi connectivity index (χ3n) is 3.43. The number of ether oxygens (including phenoxy) is 1. The first-order chi connectivity index (χ1) is 8.65. The van der Waals surface area contributed by atoms with Crippen LogP contribution in [-0.2, 0) is 4.74 Å². The number of hydrogen-bond acceptors (Lipinski definition) is 3. The highest BCUT2D eigenvalue weighted by atomic mass is 16.5. The summed E-state index contributed by atoms with van der Waals surface area (Å²) in [5, 5.41) is 3.48. The van der Waals surface area contributed by atoms with Gasteiger partial charge in [-0.3, -0.25) is 0 Å². The molecule has 1 aromatic rings. The quantitative estimate of drug-likeness (QED) is 0.886. The Morgan fingerprint density at radius 3 is 3.00 bits per heavy atom. The zero-order valence-electron chi connectivity index (χ0n) is 11.6. The van der Waals surface area contributed by atoms with E-state index in [0.717, 1.165) is 26.2 Å². The number of rotatable bonds is 4. The molecule has 1 fully saturated rings. The smallest absolute Gasteiger partial charge is 0.0874 e. The van der Waals surface area contributed by atoms with Gasteiger partial charge in [-0.1, -0.05) is 26.0 Å². The molecule has 0 bridgehead atoms. The molecule has 3 nitrogen and oxygen atoms in total. The first-order valence-electron chi connectivity index (χ1n) is 6.79.